The number of unbranched alkanes of at least 4 members (excludes halogenated alkanes) is 3. The number of nitrogens with zero attached hydrogens (tertiary/aromatic N) is 7. The number of benzene rings is 3. The van der Waals surface area contributed by atoms with Gasteiger partial charge in [0, 0.05) is 93.0 Å². The summed E-state index contributed by atoms with van der Waals surface area (Å²) in [6.07, 6.45) is 11.7. The average molecular weight is 2010 g/mol. The zero-order valence-electron chi connectivity index (χ0n) is 83.7. The van der Waals surface area contributed by atoms with Gasteiger partial charge in [-0.2, -0.15) is 5.10 Å². The first-order valence-corrected chi connectivity index (χ1v) is 50.4. The van der Waals surface area contributed by atoms with Gasteiger partial charge in [-0.25, -0.2) is 19.6 Å². The van der Waals surface area contributed by atoms with Crippen LogP contribution in [0.25, 0.3) is 21.3 Å². The Morgan fingerprint density at radius 1 is 0.587 bits per heavy atom. The molecule has 4 fully saturated rings. The number of nitrogens with one attached hydrogen (secondary N) is 6. The minimum Gasteiger partial charge on any atom is -0.476 e. The van der Waals surface area contributed by atoms with Crippen LogP contribution in [0.3, 0.4) is 0 Å². The number of nitrogens with two attached hydrogens (primary N) is 1. The number of carboxylic acids is 1. The molecule has 0 saturated heterocycles. The number of anilines is 3. The molecule has 9 N–H and O–H groups in total. The van der Waals surface area contributed by atoms with E-state index in [4.69, 9.17) is 82.1 Å². The van der Waals surface area contributed by atoms with Crippen LogP contribution in [0.2, 0.25) is 0 Å². The molecule has 3 aromatic heterocycles. The second-order valence-corrected chi connectivity index (χ2v) is 39.0. The van der Waals surface area contributed by atoms with Crippen LogP contribution in [0.4, 0.5) is 21.4 Å². The molecule has 0 spiro atoms. The number of methoxy groups -OCH3 is 1. The van der Waals surface area contributed by atoms with Crippen molar-refractivity contribution in [3.63, 3.8) is 0 Å². The highest BCUT2D eigenvalue weighted by atomic mass is 32.1. The third-order valence-electron chi connectivity index (χ3n) is 25.8. The van der Waals surface area contributed by atoms with E-state index < -0.39 is 89.1 Å². The van der Waals surface area contributed by atoms with Gasteiger partial charge in [0.2, 0.25) is 29.5 Å². The van der Waals surface area contributed by atoms with Crippen LogP contribution in [-0.2, 0) is 131 Å². The Kier molecular flexibility index (Phi) is 45.1. The second kappa shape index (κ2) is 57.2. The van der Waals surface area contributed by atoms with Gasteiger partial charge in [-0.3, -0.25) is 68.3 Å². The predicted molar refractivity (Wildman–Crippen MR) is 530 cm³/mol. The third kappa shape index (κ3) is 35.0. The summed E-state index contributed by atoms with van der Waals surface area (Å²) >= 11 is 1.40. The number of ether oxygens (including phenoxy) is 14. The zero-order valence-corrected chi connectivity index (χ0v) is 84.5. The molecule has 784 valence electrons. The van der Waals surface area contributed by atoms with E-state index in [0.29, 0.717) is 230 Å². The van der Waals surface area contributed by atoms with Crippen LogP contribution in [0.15, 0.2) is 97.2 Å². The van der Waals surface area contributed by atoms with Crippen molar-refractivity contribution in [3.05, 3.63) is 131 Å². The van der Waals surface area contributed by atoms with E-state index in [0.717, 1.165) is 75.4 Å². The number of rotatable bonds is 68. The second-order valence-electron chi connectivity index (χ2n) is 38.0. The monoisotopic (exact) mass is 2010 g/mol. The van der Waals surface area contributed by atoms with Gasteiger partial charge in [0.1, 0.15) is 37.2 Å². The van der Waals surface area contributed by atoms with Crippen LogP contribution >= 0.6 is 11.3 Å². The number of aromatic nitrogens is 4. The quantitative estimate of drug-likeness (QED) is 0.0131. The first-order valence-electron chi connectivity index (χ1n) is 49.6. The SMILES string of the molecule is COCCOCCOCCOCCOCCOCCOCCOCCOCCOCCOCCOCC(=O)NCCCC[C@H](N)C(=O)N[C@@H](C)C(=O)N[C@H](C(=O)N(c1ccc(COC(=O)NCCOC23CC4(C)CC(C)(CC(Cn5ncc(-c6ccc(N7CCc8cccc(C(=O)Nc9nc%10ccccc%10s9)c8C7)nc6C(=O)O)c5C)(C4)C2)C3)cc1)[C@@H](C)C(=O)NC(=O)CCCCCN1C(=O)C=CC1=O)C(C)C. The fourth-order valence-electron chi connectivity index (χ4n) is 19.9. The Labute approximate surface area is 839 Å². The van der Waals surface area contributed by atoms with Crippen molar-refractivity contribution in [3.8, 4) is 11.1 Å². The molecule has 3 aromatic carbocycles. The van der Waals surface area contributed by atoms with Crippen LogP contribution < -0.4 is 47.4 Å². The lowest BCUT2D eigenvalue weighted by Crippen LogP contribution is -2.64. The Hall–Kier alpha value is -10.7. The Morgan fingerprint density at radius 3 is 1.77 bits per heavy atom. The van der Waals surface area contributed by atoms with Crippen LogP contribution in [0.5, 0.6) is 0 Å². The van der Waals surface area contributed by atoms with Crippen molar-refractivity contribution in [2.75, 3.05) is 207 Å². The Balaban J connectivity index is 0.572. The van der Waals surface area contributed by atoms with E-state index in [1.807, 2.05) is 59.0 Å². The zero-order chi connectivity index (χ0) is 102. The molecule has 6 aromatic rings. The van der Waals surface area contributed by atoms with Crippen molar-refractivity contribution < 1.29 is 124 Å². The van der Waals surface area contributed by atoms with Crippen molar-refractivity contribution in [2.45, 2.75) is 188 Å². The molecule has 6 atom stereocenters. The normalized spacial score (nSPS) is 18.7. The van der Waals surface area contributed by atoms with Crippen LogP contribution in [-0.4, -0.2) is 317 Å². The maximum Gasteiger partial charge on any atom is 0.407 e. The summed E-state index contributed by atoms with van der Waals surface area (Å²) in [4.78, 5) is 161. The van der Waals surface area contributed by atoms with Crippen molar-refractivity contribution in [1.29, 1.82) is 0 Å². The molecule has 2 unspecified atom stereocenters. The van der Waals surface area contributed by atoms with Crippen molar-refractivity contribution in [1.82, 2.24) is 51.2 Å². The molecule has 10 amide bonds. The number of fused-ring (bicyclic) bond motifs is 2. The largest absolute Gasteiger partial charge is 0.476 e. The highest BCUT2D eigenvalue weighted by molar-refractivity contribution is 7.22. The number of carbonyl (C=O) groups is 11. The molecule has 4 aliphatic carbocycles. The highest BCUT2D eigenvalue weighted by Gasteiger charge is 2.66. The molecule has 40 nitrogen and oxygen atoms in total. The van der Waals surface area contributed by atoms with E-state index in [1.54, 1.807) is 63.6 Å². The summed E-state index contributed by atoms with van der Waals surface area (Å²) in [5.41, 5.74) is 11.2. The number of aromatic carboxylic acids is 1. The van der Waals surface area contributed by atoms with E-state index in [9.17, 15) is 53.1 Å². The molecule has 41 heteroatoms. The minimum atomic E-state index is -1.36. The molecule has 4 saturated carbocycles. The van der Waals surface area contributed by atoms with Gasteiger partial charge in [0.15, 0.2) is 10.8 Å². The number of amides is 10. The molecule has 5 heterocycles. The smallest absolute Gasteiger partial charge is 0.407 e. The summed E-state index contributed by atoms with van der Waals surface area (Å²) < 4.78 is 80.9. The van der Waals surface area contributed by atoms with E-state index in [-0.39, 0.29) is 98.4 Å². The molecular weight excluding hydrogens is 1870 g/mol. The maximum atomic E-state index is 15.1. The van der Waals surface area contributed by atoms with E-state index >= 15 is 4.79 Å². The first-order chi connectivity index (χ1) is 69.0. The molecule has 4 bridgehead atoms. The molecular formula is C102H144N14O26S. The molecule has 12 rings (SSSR count). The number of pyridine rings is 1. The molecule has 6 aliphatic rings. The summed E-state index contributed by atoms with van der Waals surface area (Å²) in [6.45, 7) is 24.3. The lowest BCUT2D eigenvalue weighted by atomic mass is 9.39. The van der Waals surface area contributed by atoms with Gasteiger partial charge in [0.25, 0.3) is 23.6 Å². The number of carbonyl (C=O) groups excluding carboxylic acids is 10. The van der Waals surface area contributed by atoms with Gasteiger partial charge >= 0.3 is 12.1 Å². The van der Waals surface area contributed by atoms with Crippen LogP contribution in [0, 0.1) is 29.1 Å². The number of hydrogen-bond acceptors (Lipinski definition) is 31. The lowest BCUT2D eigenvalue weighted by Gasteiger charge is -2.69. The number of alkyl carbamates (subject to hydrolysis) is 1. The fraction of sp³-hybridized carbons (Fsp3) is 0.608. The molecule has 0 radical (unpaired) electrons. The topological polar surface area (TPSA) is 489 Å². The first kappa shape index (κ1) is 113. The highest BCUT2D eigenvalue weighted by Crippen LogP contribution is 2.72. The van der Waals surface area contributed by atoms with Gasteiger partial charge in [-0.1, -0.05) is 81.9 Å². The number of thiazole rings is 1. The van der Waals surface area contributed by atoms with Gasteiger partial charge in [-0.15, -0.1) is 0 Å². The predicted octanol–water partition coefficient (Wildman–Crippen LogP) is 8.38. The number of carboxylic acid groups (broad SMARTS) is 1. The minimum absolute atomic E-state index is 0.0475. The number of hydrogen-bond donors (Lipinski definition) is 8. The fourth-order valence-corrected chi connectivity index (χ4v) is 20.7. The summed E-state index contributed by atoms with van der Waals surface area (Å²) in [7, 11) is 1.63. The van der Waals surface area contributed by atoms with Gasteiger partial charge in [-0.05, 0) is 179 Å². The lowest BCUT2D eigenvalue weighted by molar-refractivity contribution is -0.247. The number of para-hydroxylation sites is 1. The Morgan fingerprint density at radius 2 is 1.18 bits per heavy atom. The molecule has 143 heavy (non-hydrogen) atoms. The van der Waals surface area contributed by atoms with E-state index in [2.05, 4.69) is 50.7 Å². The number of imide groups is 2. The van der Waals surface area contributed by atoms with Gasteiger partial charge < -0.3 is 103 Å². The Bertz CT molecular complexity index is 5120. The molecule has 2 aliphatic heterocycles. The standard InChI is InChI=1S/C102H144N14O26S/c1-70(2)89(111-91(121)71(3)107-94(124)81(103)19-13-14-32-104-86(118)62-140-58-57-139-56-55-138-54-53-137-52-51-136-50-49-135-48-47-134-46-45-133-44-43-132-42-41-131-40-39-130-38-37-129-8)95(125)116(73(5)92(122)110-85(117)22-10-9-15-34-114-87(119)29-30-88(114)120)76-25-23-74(24-26-76)61-141-98(128)105-33-36-142-102-66-99(6)63-100(7,67-102)65-101(64-99,68-102)69-115-72(4)79(59-106-115)77-27-28-84(109-90(77)96(126)127)113-35-31-75-17-16-18-78(80(75)60-113)93(123)112-97-108-82-20-11-12-21-83(82)143-97/h11-12,16-18,20-21,23-30,59,70-71,73,81,89H,9-10,13-15,19,22,31-58,60-69,103H2,1-8H3,(H,104,118)(H,105,128)(H,107,124)(H,111,121)(H,126,127)(H,108,112,123)(H,110,117,122)/t71-,73-,81-,89-,99?,100?,101?,102?/m0/s1. The summed E-state index contributed by atoms with van der Waals surface area (Å²) in [6, 6.07) is 18.5. The van der Waals surface area contributed by atoms with Crippen molar-refractivity contribution >= 4 is 103 Å². The van der Waals surface area contributed by atoms with E-state index in [1.165, 1.54) is 37.3 Å². The summed E-state index contributed by atoms with van der Waals surface area (Å²) in [5.74, 6) is -6.29. The van der Waals surface area contributed by atoms with Crippen molar-refractivity contribution in [2.24, 2.45) is 27.9 Å². The third-order valence-corrected chi connectivity index (χ3v) is 26.7. The summed E-state index contributed by atoms with van der Waals surface area (Å²) in [5, 5.41) is 32.7. The van der Waals surface area contributed by atoms with Gasteiger partial charge in [0.05, 0.1) is 180 Å². The maximum absolute atomic E-state index is 15.1. The van der Waals surface area contributed by atoms with Crippen LogP contribution in [0.1, 0.15) is 168 Å². The average Bonchev–Trinajstić information content (AvgIpc) is 1.30.